The Morgan fingerprint density at radius 3 is 2.93 bits per heavy atom. The van der Waals surface area contributed by atoms with Crippen LogP contribution in [0.5, 0.6) is 0 Å². The molecule has 0 saturated carbocycles. The van der Waals surface area contributed by atoms with Crippen LogP contribution >= 0.6 is 0 Å². The first kappa shape index (κ1) is 10.7. The standard InChI is InChI=1S/C11H15N3/c1-9(6-12)7-14-10(2)11-4-3-5-13-8-11/h3-5,8-10,14H,7H2,1-2H3. The second-order valence-electron chi connectivity index (χ2n) is 3.45. The number of nitrogens with zero attached hydrogens (tertiary/aromatic N) is 2. The second-order valence-corrected chi connectivity index (χ2v) is 3.45. The maximum absolute atomic E-state index is 8.62. The van der Waals surface area contributed by atoms with Crippen LogP contribution in [-0.4, -0.2) is 11.5 Å². The summed E-state index contributed by atoms with van der Waals surface area (Å²) in [5.41, 5.74) is 1.15. The fourth-order valence-electron chi connectivity index (χ4n) is 1.15. The highest BCUT2D eigenvalue weighted by atomic mass is 14.9. The molecule has 0 spiro atoms. The van der Waals surface area contributed by atoms with Crippen molar-refractivity contribution >= 4 is 0 Å². The summed E-state index contributed by atoms with van der Waals surface area (Å²) in [6.45, 7) is 4.69. The molecule has 1 heterocycles. The van der Waals surface area contributed by atoms with Gasteiger partial charge in [-0.05, 0) is 25.5 Å². The highest BCUT2D eigenvalue weighted by molar-refractivity contribution is 5.12. The maximum Gasteiger partial charge on any atom is 0.0666 e. The van der Waals surface area contributed by atoms with Crippen molar-refractivity contribution in [2.45, 2.75) is 19.9 Å². The van der Waals surface area contributed by atoms with Gasteiger partial charge in [0, 0.05) is 25.0 Å². The van der Waals surface area contributed by atoms with E-state index in [1.807, 2.05) is 25.3 Å². The van der Waals surface area contributed by atoms with E-state index in [9.17, 15) is 0 Å². The quantitative estimate of drug-likeness (QED) is 0.786. The van der Waals surface area contributed by atoms with Crippen LogP contribution in [0, 0.1) is 17.2 Å². The van der Waals surface area contributed by atoms with Crippen LogP contribution < -0.4 is 5.32 Å². The number of pyridine rings is 1. The smallest absolute Gasteiger partial charge is 0.0666 e. The minimum absolute atomic E-state index is 0.0501. The average Bonchev–Trinajstić information content (AvgIpc) is 2.26. The largest absolute Gasteiger partial charge is 0.309 e. The number of hydrogen-bond donors (Lipinski definition) is 1. The number of nitrogens with one attached hydrogen (secondary N) is 1. The second kappa shape index (κ2) is 5.36. The van der Waals surface area contributed by atoms with Crippen molar-refractivity contribution in [1.29, 1.82) is 5.26 Å². The van der Waals surface area contributed by atoms with E-state index in [1.54, 1.807) is 6.20 Å². The van der Waals surface area contributed by atoms with Crippen LogP contribution in [0.25, 0.3) is 0 Å². The third kappa shape index (κ3) is 3.15. The van der Waals surface area contributed by atoms with Crippen LogP contribution in [-0.2, 0) is 0 Å². The zero-order valence-corrected chi connectivity index (χ0v) is 8.57. The molecular formula is C11H15N3. The molecule has 1 rings (SSSR count). The Bertz CT molecular complexity index is 302. The minimum Gasteiger partial charge on any atom is -0.309 e. The Labute approximate surface area is 84.8 Å². The predicted octanol–water partition coefficient (Wildman–Crippen LogP) is 1.89. The molecule has 0 amide bonds. The van der Waals surface area contributed by atoms with Crippen molar-refractivity contribution in [2.75, 3.05) is 6.54 Å². The molecule has 0 aliphatic carbocycles. The maximum atomic E-state index is 8.62. The molecule has 0 radical (unpaired) electrons. The van der Waals surface area contributed by atoms with E-state index in [1.165, 1.54) is 0 Å². The molecule has 3 nitrogen and oxygen atoms in total. The molecule has 0 saturated heterocycles. The van der Waals surface area contributed by atoms with Crippen molar-refractivity contribution in [3.63, 3.8) is 0 Å². The van der Waals surface area contributed by atoms with Gasteiger partial charge in [-0.3, -0.25) is 4.98 Å². The molecule has 74 valence electrons. The van der Waals surface area contributed by atoms with E-state index >= 15 is 0 Å². The molecule has 0 aromatic carbocycles. The van der Waals surface area contributed by atoms with Crippen molar-refractivity contribution in [3.05, 3.63) is 30.1 Å². The summed E-state index contributed by atoms with van der Waals surface area (Å²) in [5.74, 6) is 0.0501. The highest BCUT2D eigenvalue weighted by Gasteiger charge is 2.06. The fraction of sp³-hybridized carbons (Fsp3) is 0.455. The van der Waals surface area contributed by atoms with Crippen LogP contribution in [0.3, 0.4) is 0 Å². The lowest BCUT2D eigenvalue weighted by Gasteiger charge is -2.14. The van der Waals surface area contributed by atoms with Gasteiger partial charge in [-0.2, -0.15) is 5.26 Å². The van der Waals surface area contributed by atoms with Gasteiger partial charge in [0.15, 0.2) is 0 Å². The normalized spacial score (nSPS) is 14.4. The summed E-state index contributed by atoms with van der Waals surface area (Å²) in [4.78, 5) is 4.05. The average molecular weight is 189 g/mol. The van der Waals surface area contributed by atoms with Gasteiger partial charge in [0.2, 0.25) is 0 Å². The van der Waals surface area contributed by atoms with Crippen LogP contribution in [0.15, 0.2) is 24.5 Å². The van der Waals surface area contributed by atoms with Gasteiger partial charge < -0.3 is 5.32 Å². The van der Waals surface area contributed by atoms with Gasteiger partial charge in [0.05, 0.1) is 12.0 Å². The first-order valence-corrected chi connectivity index (χ1v) is 4.77. The highest BCUT2D eigenvalue weighted by Crippen LogP contribution is 2.09. The van der Waals surface area contributed by atoms with Gasteiger partial charge in [-0.25, -0.2) is 0 Å². The van der Waals surface area contributed by atoms with Gasteiger partial charge in [-0.1, -0.05) is 6.07 Å². The lowest BCUT2D eigenvalue weighted by molar-refractivity contribution is 0.527. The molecule has 0 aliphatic heterocycles. The van der Waals surface area contributed by atoms with Crippen LogP contribution in [0.4, 0.5) is 0 Å². The number of nitriles is 1. The van der Waals surface area contributed by atoms with E-state index in [0.717, 1.165) is 5.56 Å². The Morgan fingerprint density at radius 1 is 1.57 bits per heavy atom. The zero-order chi connectivity index (χ0) is 10.4. The molecular weight excluding hydrogens is 174 g/mol. The van der Waals surface area contributed by atoms with E-state index in [-0.39, 0.29) is 12.0 Å². The van der Waals surface area contributed by atoms with Crippen molar-refractivity contribution in [1.82, 2.24) is 10.3 Å². The Hall–Kier alpha value is -1.40. The van der Waals surface area contributed by atoms with Crippen LogP contribution in [0.1, 0.15) is 25.5 Å². The van der Waals surface area contributed by atoms with Crippen LogP contribution in [0.2, 0.25) is 0 Å². The molecule has 1 N–H and O–H groups in total. The summed E-state index contributed by atoms with van der Waals surface area (Å²) < 4.78 is 0. The predicted molar refractivity (Wildman–Crippen MR) is 55.4 cm³/mol. The third-order valence-corrected chi connectivity index (χ3v) is 2.14. The Balaban J connectivity index is 2.44. The van der Waals surface area contributed by atoms with Crippen molar-refractivity contribution in [3.8, 4) is 6.07 Å². The SMILES string of the molecule is CC(C#N)CNC(C)c1cccnc1. The van der Waals surface area contributed by atoms with E-state index in [0.29, 0.717) is 6.54 Å². The summed E-state index contributed by atoms with van der Waals surface area (Å²) in [7, 11) is 0. The van der Waals surface area contributed by atoms with E-state index in [4.69, 9.17) is 5.26 Å². The molecule has 1 aromatic rings. The van der Waals surface area contributed by atoms with E-state index in [2.05, 4.69) is 23.3 Å². The first-order valence-electron chi connectivity index (χ1n) is 4.77. The topological polar surface area (TPSA) is 48.7 Å². The third-order valence-electron chi connectivity index (χ3n) is 2.14. The minimum atomic E-state index is 0.0501. The lowest BCUT2D eigenvalue weighted by atomic mass is 10.1. The molecule has 2 unspecified atom stereocenters. The molecule has 1 aromatic heterocycles. The summed E-state index contributed by atoms with van der Waals surface area (Å²) in [6.07, 6.45) is 3.60. The monoisotopic (exact) mass is 189 g/mol. The molecule has 0 aliphatic rings. The number of aromatic nitrogens is 1. The molecule has 0 fully saturated rings. The summed E-state index contributed by atoms with van der Waals surface area (Å²) in [6, 6.07) is 6.39. The number of hydrogen-bond acceptors (Lipinski definition) is 3. The van der Waals surface area contributed by atoms with Gasteiger partial charge >= 0.3 is 0 Å². The number of rotatable bonds is 4. The van der Waals surface area contributed by atoms with Gasteiger partial charge in [0.25, 0.3) is 0 Å². The molecule has 3 heteroatoms. The Morgan fingerprint density at radius 2 is 2.36 bits per heavy atom. The first-order chi connectivity index (χ1) is 6.74. The van der Waals surface area contributed by atoms with Gasteiger partial charge in [0.1, 0.15) is 0 Å². The van der Waals surface area contributed by atoms with Crippen molar-refractivity contribution < 1.29 is 0 Å². The molecule has 14 heavy (non-hydrogen) atoms. The zero-order valence-electron chi connectivity index (χ0n) is 8.57. The van der Waals surface area contributed by atoms with E-state index < -0.39 is 0 Å². The molecule has 2 atom stereocenters. The van der Waals surface area contributed by atoms with Crippen molar-refractivity contribution in [2.24, 2.45) is 5.92 Å². The Kier molecular flexibility index (Phi) is 4.09. The fourth-order valence-corrected chi connectivity index (χ4v) is 1.15. The summed E-state index contributed by atoms with van der Waals surface area (Å²) in [5, 5.41) is 11.9. The summed E-state index contributed by atoms with van der Waals surface area (Å²) >= 11 is 0. The van der Waals surface area contributed by atoms with Gasteiger partial charge in [-0.15, -0.1) is 0 Å². The molecule has 0 bridgehead atoms. The lowest BCUT2D eigenvalue weighted by Crippen LogP contribution is -2.23.